The van der Waals surface area contributed by atoms with Crippen LogP contribution in [0.4, 0.5) is 0 Å². The van der Waals surface area contributed by atoms with Crippen molar-refractivity contribution in [1.82, 2.24) is 0 Å². The number of carbonyl (C=O) groups is 2. The van der Waals surface area contributed by atoms with E-state index < -0.39 is 75.7 Å². The van der Waals surface area contributed by atoms with Gasteiger partial charge in [0, 0.05) is 12.8 Å². The van der Waals surface area contributed by atoms with Gasteiger partial charge in [-0.1, -0.05) is 116 Å². The number of esters is 2. The zero-order valence-corrected chi connectivity index (χ0v) is 32.0. The number of phosphoric acid groups is 1. The molecule has 51 heavy (non-hydrogen) atoms. The molecule has 0 radical (unpaired) electrons. The first kappa shape index (κ1) is 47.6. The van der Waals surface area contributed by atoms with E-state index in [-0.39, 0.29) is 12.8 Å². The highest BCUT2D eigenvalue weighted by atomic mass is 31.2. The second-order valence-electron chi connectivity index (χ2n) is 13.8. The van der Waals surface area contributed by atoms with E-state index in [1.165, 1.54) is 64.2 Å². The van der Waals surface area contributed by atoms with Crippen molar-refractivity contribution in [3.8, 4) is 0 Å². The Bertz CT molecular complexity index is 964. The van der Waals surface area contributed by atoms with Gasteiger partial charge in [0.15, 0.2) is 6.10 Å². The molecular weight excluding hydrogens is 683 g/mol. The molecule has 1 aliphatic carbocycles. The molecule has 1 rings (SSSR count). The summed E-state index contributed by atoms with van der Waals surface area (Å²) < 4.78 is 33.2. The van der Waals surface area contributed by atoms with E-state index in [9.17, 15) is 44.6 Å². The molecule has 300 valence electrons. The van der Waals surface area contributed by atoms with E-state index in [1.807, 2.05) is 0 Å². The summed E-state index contributed by atoms with van der Waals surface area (Å²) in [6.07, 6.45) is 13.0. The average molecular weight is 753 g/mol. The summed E-state index contributed by atoms with van der Waals surface area (Å²) in [7, 11) is -5.10. The van der Waals surface area contributed by atoms with E-state index in [4.69, 9.17) is 18.5 Å². The Kier molecular flexibility index (Phi) is 27.1. The lowest BCUT2D eigenvalue weighted by molar-refractivity contribution is -0.220. The molecule has 0 bridgehead atoms. The van der Waals surface area contributed by atoms with Crippen LogP contribution in [-0.2, 0) is 32.7 Å². The molecule has 0 amide bonds. The van der Waals surface area contributed by atoms with Crippen LogP contribution >= 0.6 is 7.82 Å². The van der Waals surface area contributed by atoms with Crippen molar-refractivity contribution < 1.29 is 63.1 Å². The highest BCUT2D eigenvalue weighted by Crippen LogP contribution is 2.47. The molecule has 0 saturated heterocycles. The number of unbranched alkanes of at least 4 members (excludes halogenated alkanes) is 17. The number of carbonyl (C=O) groups excluding carboxylic acids is 2. The Morgan fingerprint density at radius 3 is 1.51 bits per heavy atom. The van der Waals surface area contributed by atoms with Crippen molar-refractivity contribution in [1.29, 1.82) is 0 Å². The molecule has 1 fully saturated rings. The van der Waals surface area contributed by atoms with Gasteiger partial charge < -0.3 is 39.9 Å². The van der Waals surface area contributed by atoms with Gasteiger partial charge in [0.1, 0.15) is 43.2 Å². The van der Waals surface area contributed by atoms with Gasteiger partial charge in [0.25, 0.3) is 0 Å². The van der Waals surface area contributed by atoms with Crippen LogP contribution in [0.3, 0.4) is 0 Å². The fraction of sp³-hybridized carbons (Fsp3) is 0.892. The van der Waals surface area contributed by atoms with Gasteiger partial charge in [-0.25, -0.2) is 4.57 Å². The molecular formula is C37H69O13P. The van der Waals surface area contributed by atoms with E-state index in [2.05, 4.69) is 26.0 Å². The summed E-state index contributed by atoms with van der Waals surface area (Å²) in [5.41, 5.74) is 0. The van der Waals surface area contributed by atoms with E-state index in [0.717, 1.165) is 51.4 Å². The Morgan fingerprint density at radius 1 is 0.588 bits per heavy atom. The van der Waals surface area contributed by atoms with Gasteiger partial charge >= 0.3 is 19.8 Å². The van der Waals surface area contributed by atoms with Crippen LogP contribution in [0.2, 0.25) is 0 Å². The molecule has 8 atom stereocenters. The SMILES string of the molecule is CCCCCCCC/C=C/CCCCCC(=O)OC[C@H](COP(=O)(O)OC1C(O)C(O)C(O)[C@@H](O)C1O)OC(=O)CCCCCCCCCCC. The third-order valence-electron chi connectivity index (χ3n) is 9.11. The molecule has 1 saturated carbocycles. The topological polar surface area (TPSA) is 210 Å². The molecule has 0 aliphatic heterocycles. The van der Waals surface area contributed by atoms with Crippen molar-refractivity contribution in [3.05, 3.63) is 12.2 Å². The van der Waals surface area contributed by atoms with Crippen LogP contribution in [0.1, 0.15) is 155 Å². The van der Waals surface area contributed by atoms with Gasteiger partial charge in [-0.15, -0.1) is 0 Å². The number of allylic oxidation sites excluding steroid dienone is 2. The number of rotatable bonds is 31. The predicted molar refractivity (Wildman–Crippen MR) is 194 cm³/mol. The van der Waals surface area contributed by atoms with E-state index in [1.54, 1.807) is 0 Å². The molecule has 0 aromatic carbocycles. The minimum absolute atomic E-state index is 0.0968. The van der Waals surface area contributed by atoms with Crippen LogP contribution in [0.15, 0.2) is 12.2 Å². The number of aliphatic hydroxyl groups is 5. The summed E-state index contributed by atoms with van der Waals surface area (Å²) in [6, 6.07) is 0. The highest BCUT2D eigenvalue weighted by molar-refractivity contribution is 7.47. The van der Waals surface area contributed by atoms with Crippen LogP contribution in [0, 0.1) is 0 Å². The third-order valence-corrected chi connectivity index (χ3v) is 10.1. The van der Waals surface area contributed by atoms with Gasteiger partial charge in [-0.05, 0) is 38.5 Å². The zero-order valence-electron chi connectivity index (χ0n) is 31.2. The lowest BCUT2D eigenvalue weighted by atomic mass is 9.85. The molecule has 6 unspecified atom stereocenters. The molecule has 6 N–H and O–H groups in total. The first-order chi connectivity index (χ1) is 24.4. The molecule has 0 spiro atoms. The molecule has 14 heteroatoms. The van der Waals surface area contributed by atoms with Crippen LogP contribution in [0.25, 0.3) is 0 Å². The highest BCUT2D eigenvalue weighted by Gasteiger charge is 2.51. The second kappa shape index (κ2) is 29.0. The van der Waals surface area contributed by atoms with Gasteiger partial charge in [0.2, 0.25) is 0 Å². The smallest absolute Gasteiger partial charge is 0.462 e. The first-order valence-electron chi connectivity index (χ1n) is 19.5. The number of hydrogen-bond acceptors (Lipinski definition) is 12. The number of ether oxygens (including phenoxy) is 2. The number of phosphoric ester groups is 1. The van der Waals surface area contributed by atoms with Crippen molar-refractivity contribution in [2.45, 2.75) is 198 Å². The standard InChI is InChI=1S/C37H69O13P/c1-3-5-7-9-11-13-14-15-16-18-19-21-23-25-30(38)47-27-29(49-31(39)26-24-22-20-17-12-10-8-6-4-2)28-48-51(45,46)50-37-35(43)33(41)32(40)34(42)36(37)44/h15-16,29,32-37,40-44H,3-14,17-28H2,1-2H3,(H,45,46)/b16-15+/t29-,32?,33-,34?,35?,36?,37?/m1/s1. The largest absolute Gasteiger partial charge is 0.472 e. The minimum Gasteiger partial charge on any atom is -0.462 e. The Balaban J connectivity index is 2.54. The summed E-state index contributed by atoms with van der Waals surface area (Å²) in [5.74, 6) is -1.12. The average Bonchev–Trinajstić information content (AvgIpc) is 3.10. The summed E-state index contributed by atoms with van der Waals surface area (Å²) >= 11 is 0. The summed E-state index contributed by atoms with van der Waals surface area (Å²) in [5, 5.41) is 49.8. The van der Waals surface area contributed by atoms with Gasteiger partial charge in [-0.2, -0.15) is 0 Å². The second-order valence-corrected chi connectivity index (χ2v) is 15.2. The van der Waals surface area contributed by atoms with Crippen molar-refractivity contribution in [2.75, 3.05) is 13.2 Å². The van der Waals surface area contributed by atoms with Crippen LogP contribution < -0.4 is 0 Å². The third kappa shape index (κ3) is 22.4. The lowest BCUT2D eigenvalue weighted by Gasteiger charge is -2.41. The van der Waals surface area contributed by atoms with Crippen LogP contribution in [-0.4, -0.2) is 98.3 Å². The Labute approximate surface area is 305 Å². The zero-order chi connectivity index (χ0) is 37.9. The number of hydrogen-bond donors (Lipinski definition) is 6. The van der Waals surface area contributed by atoms with Crippen molar-refractivity contribution >= 4 is 19.8 Å². The fourth-order valence-electron chi connectivity index (χ4n) is 5.87. The maximum absolute atomic E-state index is 12.7. The molecule has 0 heterocycles. The van der Waals surface area contributed by atoms with Crippen molar-refractivity contribution in [3.63, 3.8) is 0 Å². The maximum Gasteiger partial charge on any atom is 0.472 e. The van der Waals surface area contributed by atoms with Crippen LogP contribution in [0.5, 0.6) is 0 Å². The van der Waals surface area contributed by atoms with Gasteiger partial charge in [-0.3, -0.25) is 18.6 Å². The molecule has 1 aliphatic rings. The monoisotopic (exact) mass is 752 g/mol. The van der Waals surface area contributed by atoms with Gasteiger partial charge in [0.05, 0.1) is 6.61 Å². The van der Waals surface area contributed by atoms with Crippen molar-refractivity contribution in [2.24, 2.45) is 0 Å². The molecule has 0 aromatic rings. The quantitative estimate of drug-likeness (QED) is 0.0210. The summed E-state index contributed by atoms with van der Waals surface area (Å²) in [6.45, 7) is 3.21. The Morgan fingerprint density at radius 2 is 1.00 bits per heavy atom. The Hall–Kier alpha value is -1.41. The molecule has 13 nitrogen and oxygen atoms in total. The predicted octanol–water partition coefficient (Wildman–Crippen LogP) is 5.94. The summed E-state index contributed by atoms with van der Waals surface area (Å²) in [4.78, 5) is 35.3. The maximum atomic E-state index is 12.7. The normalized spacial score (nSPS) is 24.0. The first-order valence-corrected chi connectivity index (χ1v) is 21.0. The van der Waals surface area contributed by atoms with E-state index >= 15 is 0 Å². The number of aliphatic hydroxyl groups excluding tert-OH is 5. The van der Waals surface area contributed by atoms with E-state index in [0.29, 0.717) is 12.8 Å². The minimum atomic E-state index is -5.10. The lowest BCUT2D eigenvalue weighted by Crippen LogP contribution is -2.64. The fourth-order valence-corrected chi connectivity index (χ4v) is 6.84. The molecule has 0 aromatic heterocycles.